The molecule has 5 N–H and O–H groups in total. The van der Waals surface area contributed by atoms with E-state index in [9.17, 15) is 0 Å². The maximum atomic E-state index is 8.80. The molecule has 1 heterocycles. The highest BCUT2D eigenvalue weighted by atomic mass is 16.3. The molecule has 1 aromatic rings. The molecular formula is C9H17N3O. The topological polar surface area (TPSA) is 85.2 Å². The molecule has 0 saturated heterocycles. The molecule has 74 valence electrons. The van der Waals surface area contributed by atoms with Crippen molar-refractivity contribution in [3.8, 4) is 0 Å². The Morgan fingerprint density at radius 1 is 1.38 bits per heavy atom. The number of aliphatic hydroxyl groups excluding tert-OH is 1. The van der Waals surface area contributed by atoms with Gasteiger partial charge in [-0.3, -0.25) is 0 Å². The third-order valence-corrected chi connectivity index (χ3v) is 1.55. The van der Waals surface area contributed by atoms with Gasteiger partial charge in [0, 0.05) is 11.3 Å². The lowest BCUT2D eigenvalue weighted by atomic mass is 10.2. The maximum Gasteiger partial charge on any atom is 0.146 e. The van der Waals surface area contributed by atoms with E-state index in [1.807, 2.05) is 13.8 Å². The lowest BCUT2D eigenvalue weighted by Crippen LogP contribution is -2.02. The molecular weight excluding hydrogens is 166 g/mol. The highest BCUT2D eigenvalue weighted by molar-refractivity contribution is 5.59. The highest BCUT2D eigenvalue weighted by Crippen LogP contribution is 2.15. The minimum Gasteiger partial charge on any atom is -0.396 e. The predicted octanol–water partition coefficient (Wildman–Crippen LogP) is 1.07. The van der Waals surface area contributed by atoms with Gasteiger partial charge in [0.1, 0.15) is 5.82 Å². The van der Waals surface area contributed by atoms with Crippen molar-refractivity contribution in [1.29, 1.82) is 0 Å². The molecule has 13 heavy (non-hydrogen) atoms. The fourth-order valence-electron chi connectivity index (χ4n) is 0.843. The molecule has 0 amide bonds. The van der Waals surface area contributed by atoms with Crippen molar-refractivity contribution in [2.24, 2.45) is 0 Å². The maximum absolute atomic E-state index is 8.80. The molecule has 0 bridgehead atoms. The Balaban J connectivity index is 0.000000671. The number of aliphatic hydroxyl groups is 1. The van der Waals surface area contributed by atoms with Crippen LogP contribution in [0.5, 0.6) is 0 Å². The van der Waals surface area contributed by atoms with Gasteiger partial charge < -0.3 is 16.6 Å². The van der Waals surface area contributed by atoms with Crippen LogP contribution in [0.1, 0.15) is 25.1 Å². The number of hydrogen-bond donors (Lipinski definition) is 3. The first-order valence-corrected chi connectivity index (χ1v) is 4.27. The summed E-state index contributed by atoms with van der Waals surface area (Å²) in [7, 11) is 0. The number of anilines is 2. The monoisotopic (exact) mass is 183 g/mol. The number of rotatable bonds is 1. The quantitative estimate of drug-likeness (QED) is 0.608. The average molecular weight is 183 g/mol. The molecule has 4 heteroatoms. The van der Waals surface area contributed by atoms with Gasteiger partial charge in [-0.05, 0) is 13.0 Å². The van der Waals surface area contributed by atoms with Crippen molar-refractivity contribution in [2.45, 2.75) is 27.4 Å². The first-order valence-electron chi connectivity index (χ1n) is 4.27. The fraction of sp³-hybridized carbons (Fsp3) is 0.444. The Hall–Kier alpha value is -1.29. The number of nitrogens with zero attached hydrogens (tertiary/aromatic N) is 1. The summed E-state index contributed by atoms with van der Waals surface area (Å²) >= 11 is 0. The van der Waals surface area contributed by atoms with Gasteiger partial charge in [0.15, 0.2) is 0 Å². The first kappa shape index (κ1) is 11.7. The van der Waals surface area contributed by atoms with Crippen molar-refractivity contribution < 1.29 is 5.11 Å². The summed E-state index contributed by atoms with van der Waals surface area (Å²) in [6.07, 6.45) is 0. The summed E-state index contributed by atoms with van der Waals surface area (Å²) in [5, 5.41) is 8.80. The SMILES string of the molecule is CC.Cc1nc(N)c(N)cc1CO. The van der Waals surface area contributed by atoms with Gasteiger partial charge in [-0.25, -0.2) is 4.98 Å². The molecule has 0 saturated carbocycles. The van der Waals surface area contributed by atoms with Crippen LogP contribution in [0.3, 0.4) is 0 Å². The third-order valence-electron chi connectivity index (χ3n) is 1.55. The molecule has 1 rings (SSSR count). The number of aromatic nitrogens is 1. The van der Waals surface area contributed by atoms with Gasteiger partial charge in [-0.2, -0.15) is 0 Å². The zero-order valence-corrected chi connectivity index (χ0v) is 8.33. The number of hydrogen-bond acceptors (Lipinski definition) is 4. The van der Waals surface area contributed by atoms with Gasteiger partial charge in [0.2, 0.25) is 0 Å². The fourth-order valence-corrected chi connectivity index (χ4v) is 0.843. The predicted molar refractivity (Wildman–Crippen MR) is 55.1 cm³/mol. The van der Waals surface area contributed by atoms with E-state index < -0.39 is 0 Å². The number of nitrogens with two attached hydrogens (primary N) is 2. The molecule has 0 aliphatic heterocycles. The summed E-state index contributed by atoms with van der Waals surface area (Å²) in [5.74, 6) is 0.319. The minimum atomic E-state index is -0.0523. The second-order valence-corrected chi connectivity index (χ2v) is 2.37. The molecule has 1 aromatic heterocycles. The second-order valence-electron chi connectivity index (χ2n) is 2.37. The number of aryl methyl sites for hydroxylation is 1. The van der Waals surface area contributed by atoms with E-state index in [1.165, 1.54) is 0 Å². The van der Waals surface area contributed by atoms with Crippen LogP contribution >= 0.6 is 0 Å². The van der Waals surface area contributed by atoms with E-state index >= 15 is 0 Å². The van der Waals surface area contributed by atoms with Gasteiger partial charge in [0.05, 0.1) is 12.3 Å². The standard InChI is InChI=1S/C7H11N3O.C2H6/c1-4-5(3-11)2-6(8)7(9)10-4;1-2/h2,11H,3,8H2,1H3,(H2,9,10);1-2H3. The summed E-state index contributed by atoms with van der Waals surface area (Å²) < 4.78 is 0. The molecule has 0 fully saturated rings. The van der Waals surface area contributed by atoms with Crippen LogP contribution in [0.25, 0.3) is 0 Å². The lowest BCUT2D eigenvalue weighted by molar-refractivity contribution is 0.280. The Morgan fingerprint density at radius 2 is 1.92 bits per heavy atom. The van der Waals surface area contributed by atoms with Crippen LogP contribution in [0, 0.1) is 6.92 Å². The summed E-state index contributed by atoms with van der Waals surface area (Å²) in [6.45, 7) is 5.73. The van der Waals surface area contributed by atoms with Crippen LogP contribution in [-0.2, 0) is 6.61 Å². The summed E-state index contributed by atoms with van der Waals surface area (Å²) in [5.41, 5.74) is 12.7. The van der Waals surface area contributed by atoms with E-state index in [2.05, 4.69) is 4.98 Å². The van der Waals surface area contributed by atoms with Crippen LogP contribution < -0.4 is 11.5 Å². The van der Waals surface area contributed by atoms with Gasteiger partial charge in [-0.1, -0.05) is 13.8 Å². The first-order chi connectivity index (χ1) is 6.15. The summed E-state index contributed by atoms with van der Waals surface area (Å²) in [6, 6.07) is 1.64. The molecule has 0 atom stereocenters. The average Bonchev–Trinajstić information content (AvgIpc) is 2.15. The molecule has 0 aliphatic rings. The third kappa shape index (κ3) is 2.91. The van der Waals surface area contributed by atoms with E-state index in [4.69, 9.17) is 16.6 Å². The molecule has 0 unspecified atom stereocenters. The zero-order valence-electron chi connectivity index (χ0n) is 8.33. The van der Waals surface area contributed by atoms with E-state index in [-0.39, 0.29) is 6.61 Å². The van der Waals surface area contributed by atoms with E-state index in [0.717, 1.165) is 11.3 Å². The van der Waals surface area contributed by atoms with Crippen LogP contribution in [0.4, 0.5) is 11.5 Å². The van der Waals surface area contributed by atoms with E-state index in [0.29, 0.717) is 11.5 Å². The lowest BCUT2D eigenvalue weighted by Gasteiger charge is -2.04. The van der Waals surface area contributed by atoms with Gasteiger partial charge >= 0.3 is 0 Å². The van der Waals surface area contributed by atoms with Crippen LogP contribution in [0.15, 0.2) is 6.07 Å². The van der Waals surface area contributed by atoms with Crippen LogP contribution in [0.2, 0.25) is 0 Å². The minimum absolute atomic E-state index is 0.0523. The second kappa shape index (κ2) is 5.37. The Labute approximate surface area is 78.6 Å². The van der Waals surface area contributed by atoms with Gasteiger partial charge in [0.25, 0.3) is 0 Å². The zero-order chi connectivity index (χ0) is 10.4. The Morgan fingerprint density at radius 3 is 2.38 bits per heavy atom. The Kier molecular flexibility index (Phi) is 4.84. The normalized spacial score (nSPS) is 8.92. The van der Waals surface area contributed by atoms with E-state index in [1.54, 1.807) is 13.0 Å². The molecule has 0 spiro atoms. The van der Waals surface area contributed by atoms with Crippen molar-refractivity contribution in [3.05, 3.63) is 17.3 Å². The summed E-state index contributed by atoms with van der Waals surface area (Å²) in [4.78, 5) is 3.94. The molecule has 0 aliphatic carbocycles. The Bertz CT molecular complexity index is 274. The van der Waals surface area contributed by atoms with Crippen molar-refractivity contribution >= 4 is 11.5 Å². The van der Waals surface area contributed by atoms with Crippen molar-refractivity contribution in [3.63, 3.8) is 0 Å². The number of pyridine rings is 1. The molecule has 4 nitrogen and oxygen atoms in total. The smallest absolute Gasteiger partial charge is 0.146 e. The van der Waals surface area contributed by atoms with Gasteiger partial charge in [-0.15, -0.1) is 0 Å². The van der Waals surface area contributed by atoms with Crippen LogP contribution in [-0.4, -0.2) is 10.1 Å². The largest absolute Gasteiger partial charge is 0.396 e. The van der Waals surface area contributed by atoms with Crippen molar-refractivity contribution in [2.75, 3.05) is 11.5 Å². The highest BCUT2D eigenvalue weighted by Gasteiger charge is 2.01. The number of nitrogen functional groups attached to an aromatic ring is 2. The molecule has 0 radical (unpaired) electrons. The molecule has 0 aromatic carbocycles. The van der Waals surface area contributed by atoms with Crippen molar-refractivity contribution in [1.82, 2.24) is 4.98 Å².